The molecule has 3 atom stereocenters. The lowest BCUT2D eigenvalue weighted by Gasteiger charge is -2.44. The van der Waals surface area contributed by atoms with Crippen molar-refractivity contribution in [2.45, 2.75) is 63.6 Å². The maximum atomic E-state index is 14.7. The minimum absolute atomic E-state index is 0.0341. The second-order valence-corrected chi connectivity index (χ2v) is 8.00. The molecule has 7 heteroatoms. The van der Waals surface area contributed by atoms with Crippen molar-refractivity contribution in [2.75, 3.05) is 19.6 Å². The second-order valence-electron chi connectivity index (χ2n) is 8.00. The smallest absolute Gasteiger partial charge is 0.311 e. The number of halogens is 4. The third-order valence-corrected chi connectivity index (χ3v) is 6.12. The molecular formula is C17H29F4N3. The lowest BCUT2D eigenvalue weighted by atomic mass is 9.74. The lowest BCUT2D eigenvalue weighted by Crippen LogP contribution is -2.62. The Morgan fingerprint density at radius 1 is 0.833 bits per heavy atom. The molecule has 2 saturated heterocycles. The SMILES string of the molecule is CC1CNC(C2CNC(C3CCC(C(F)(F)F)CC3)C(F)C2)NC1. The first-order valence-electron chi connectivity index (χ1n) is 9.25. The van der Waals surface area contributed by atoms with Gasteiger partial charge in [-0.3, -0.25) is 0 Å². The zero-order chi connectivity index (χ0) is 17.3. The van der Waals surface area contributed by atoms with E-state index in [9.17, 15) is 17.6 Å². The van der Waals surface area contributed by atoms with Gasteiger partial charge < -0.3 is 16.0 Å². The molecule has 3 aliphatic rings. The van der Waals surface area contributed by atoms with Crippen LogP contribution < -0.4 is 16.0 Å². The number of piperidine rings is 1. The van der Waals surface area contributed by atoms with Gasteiger partial charge in [-0.2, -0.15) is 13.2 Å². The molecule has 2 aliphatic heterocycles. The van der Waals surface area contributed by atoms with Gasteiger partial charge in [0.25, 0.3) is 0 Å². The molecule has 0 aromatic rings. The van der Waals surface area contributed by atoms with Gasteiger partial charge in [0.1, 0.15) is 6.17 Å². The van der Waals surface area contributed by atoms with Crippen LogP contribution in [-0.4, -0.2) is 44.2 Å². The van der Waals surface area contributed by atoms with Crippen LogP contribution >= 0.6 is 0 Å². The largest absolute Gasteiger partial charge is 0.391 e. The Morgan fingerprint density at radius 3 is 2.00 bits per heavy atom. The van der Waals surface area contributed by atoms with E-state index in [2.05, 4.69) is 22.9 Å². The van der Waals surface area contributed by atoms with E-state index in [4.69, 9.17) is 0 Å². The minimum Gasteiger partial charge on any atom is -0.311 e. The van der Waals surface area contributed by atoms with Crippen LogP contribution in [0.15, 0.2) is 0 Å². The maximum absolute atomic E-state index is 14.7. The molecule has 24 heavy (non-hydrogen) atoms. The zero-order valence-electron chi connectivity index (χ0n) is 14.2. The molecule has 0 amide bonds. The van der Waals surface area contributed by atoms with Crippen LogP contribution in [0.2, 0.25) is 0 Å². The second kappa shape index (κ2) is 7.46. The topological polar surface area (TPSA) is 36.1 Å². The van der Waals surface area contributed by atoms with Crippen molar-refractivity contribution in [1.82, 2.24) is 16.0 Å². The molecule has 3 nitrogen and oxygen atoms in total. The molecule has 1 aliphatic carbocycles. The first-order chi connectivity index (χ1) is 11.3. The van der Waals surface area contributed by atoms with Gasteiger partial charge in [0.05, 0.1) is 12.1 Å². The predicted molar refractivity (Wildman–Crippen MR) is 85.3 cm³/mol. The van der Waals surface area contributed by atoms with Gasteiger partial charge in [-0.05, 0) is 43.9 Å². The van der Waals surface area contributed by atoms with E-state index in [1.165, 1.54) is 0 Å². The summed E-state index contributed by atoms with van der Waals surface area (Å²) in [4.78, 5) is 0. The lowest BCUT2D eigenvalue weighted by molar-refractivity contribution is -0.184. The van der Waals surface area contributed by atoms with Crippen LogP contribution in [0.4, 0.5) is 17.6 Å². The van der Waals surface area contributed by atoms with E-state index >= 15 is 0 Å². The van der Waals surface area contributed by atoms with Gasteiger partial charge in [-0.15, -0.1) is 0 Å². The van der Waals surface area contributed by atoms with E-state index in [1.807, 2.05) is 0 Å². The molecule has 1 saturated carbocycles. The Balaban J connectivity index is 1.48. The Kier molecular flexibility index (Phi) is 5.72. The number of rotatable bonds is 2. The summed E-state index contributed by atoms with van der Waals surface area (Å²) in [6.07, 6.45) is -3.21. The molecule has 0 spiro atoms. The molecule has 140 valence electrons. The van der Waals surface area contributed by atoms with Gasteiger partial charge in [0, 0.05) is 31.6 Å². The summed E-state index contributed by atoms with van der Waals surface area (Å²) in [5.41, 5.74) is 0. The van der Waals surface area contributed by atoms with Crippen LogP contribution in [0.3, 0.4) is 0 Å². The number of alkyl halides is 4. The quantitative estimate of drug-likeness (QED) is 0.670. The fourth-order valence-corrected chi connectivity index (χ4v) is 4.59. The van der Waals surface area contributed by atoms with Crippen molar-refractivity contribution in [3.63, 3.8) is 0 Å². The third kappa shape index (κ3) is 4.22. The highest BCUT2D eigenvalue weighted by atomic mass is 19.4. The molecule has 0 aromatic carbocycles. The van der Waals surface area contributed by atoms with Crippen molar-refractivity contribution >= 4 is 0 Å². The molecule has 0 aromatic heterocycles. The van der Waals surface area contributed by atoms with Crippen LogP contribution in [0.5, 0.6) is 0 Å². The van der Waals surface area contributed by atoms with E-state index in [0.717, 1.165) is 19.6 Å². The molecule has 3 unspecified atom stereocenters. The standard InChI is InChI=1S/C17H29F4N3/c1-10-7-23-16(24-8-10)12-6-14(18)15(22-9-12)11-2-4-13(5-3-11)17(19,20)21/h10-16,22-24H,2-9H2,1H3. The summed E-state index contributed by atoms with van der Waals surface area (Å²) < 4.78 is 53.0. The Hall–Kier alpha value is -0.400. The normalized spacial score (nSPS) is 45.1. The van der Waals surface area contributed by atoms with Crippen molar-refractivity contribution in [3.05, 3.63) is 0 Å². The van der Waals surface area contributed by atoms with Crippen molar-refractivity contribution in [1.29, 1.82) is 0 Å². The summed E-state index contributed by atoms with van der Waals surface area (Å²) in [7, 11) is 0. The summed E-state index contributed by atoms with van der Waals surface area (Å²) in [5, 5.41) is 10.2. The average Bonchev–Trinajstić information content (AvgIpc) is 2.55. The predicted octanol–water partition coefficient (Wildman–Crippen LogP) is 2.83. The van der Waals surface area contributed by atoms with Crippen LogP contribution in [0.25, 0.3) is 0 Å². The minimum atomic E-state index is -4.10. The van der Waals surface area contributed by atoms with Crippen molar-refractivity contribution in [2.24, 2.45) is 23.7 Å². The molecule has 3 N–H and O–H groups in total. The molecule has 0 radical (unpaired) electrons. The molecular weight excluding hydrogens is 322 g/mol. The van der Waals surface area contributed by atoms with Gasteiger partial charge in [-0.1, -0.05) is 6.92 Å². The van der Waals surface area contributed by atoms with Crippen molar-refractivity contribution < 1.29 is 17.6 Å². The van der Waals surface area contributed by atoms with Gasteiger partial charge in [-0.25, -0.2) is 4.39 Å². The number of nitrogens with one attached hydrogen (secondary N) is 3. The average molecular weight is 351 g/mol. The van der Waals surface area contributed by atoms with Gasteiger partial charge >= 0.3 is 6.18 Å². The fraction of sp³-hybridized carbons (Fsp3) is 1.00. The van der Waals surface area contributed by atoms with E-state index in [-0.39, 0.29) is 36.9 Å². The first-order valence-corrected chi connectivity index (χ1v) is 9.25. The van der Waals surface area contributed by atoms with Crippen LogP contribution in [-0.2, 0) is 0 Å². The molecule has 3 rings (SSSR count). The number of hydrogen-bond donors (Lipinski definition) is 3. The number of hydrogen-bond acceptors (Lipinski definition) is 3. The van der Waals surface area contributed by atoms with E-state index in [1.54, 1.807) is 0 Å². The Labute approximate surface area is 141 Å². The summed E-state index contributed by atoms with van der Waals surface area (Å²) in [6, 6.07) is -0.280. The van der Waals surface area contributed by atoms with Crippen molar-refractivity contribution in [3.8, 4) is 0 Å². The van der Waals surface area contributed by atoms with Crippen LogP contribution in [0.1, 0.15) is 39.0 Å². The maximum Gasteiger partial charge on any atom is 0.391 e. The highest BCUT2D eigenvalue weighted by Crippen LogP contribution is 2.42. The molecule has 3 fully saturated rings. The fourth-order valence-electron chi connectivity index (χ4n) is 4.59. The van der Waals surface area contributed by atoms with Crippen LogP contribution in [0, 0.1) is 23.7 Å². The van der Waals surface area contributed by atoms with E-state index < -0.39 is 18.3 Å². The first kappa shape index (κ1) is 18.4. The zero-order valence-corrected chi connectivity index (χ0v) is 14.2. The Morgan fingerprint density at radius 2 is 1.46 bits per heavy atom. The monoisotopic (exact) mass is 351 g/mol. The van der Waals surface area contributed by atoms with E-state index in [0.29, 0.717) is 25.2 Å². The summed E-state index contributed by atoms with van der Waals surface area (Å²) in [6.45, 7) is 4.77. The summed E-state index contributed by atoms with van der Waals surface area (Å²) >= 11 is 0. The molecule has 2 heterocycles. The summed E-state index contributed by atoms with van der Waals surface area (Å²) in [5.74, 6) is -0.390. The Bertz CT molecular complexity index is 401. The van der Waals surface area contributed by atoms with Gasteiger partial charge in [0.15, 0.2) is 0 Å². The third-order valence-electron chi connectivity index (χ3n) is 6.12. The highest BCUT2D eigenvalue weighted by Gasteiger charge is 2.45. The highest BCUT2D eigenvalue weighted by molar-refractivity contribution is 4.95. The molecule has 0 bridgehead atoms. The van der Waals surface area contributed by atoms with Gasteiger partial charge in [0.2, 0.25) is 0 Å².